The van der Waals surface area contributed by atoms with Gasteiger partial charge in [0.05, 0.1) is 18.5 Å². The van der Waals surface area contributed by atoms with E-state index in [1.54, 1.807) is 13.3 Å². The topological polar surface area (TPSA) is 85.2 Å². The molecule has 0 spiro atoms. The third-order valence-electron chi connectivity index (χ3n) is 3.08. The molecular formula is C13H20N4O3. The van der Waals surface area contributed by atoms with Gasteiger partial charge < -0.3 is 15.4 Å². The van der Waals surface area contributed by atoms with Gasteiger partial charge >= 0.3 is 0 Å². The number of rotatable bonds is 8. The molecule has 0 radical (unpaired) electrons. The molecule has 1 aliphatic carbocycles. The summed E-state index contributed by atoms with van der Waals surface area (Å²) in [5.41, 5.74) is 0.422. The number of nitrogens with one attached hydrogen (secondary N) is 2. The summed E-state index contributed by atoms with van der Waals surface area (Å²) >= 11 is 0. The van der Waals surface area contributed by atoms with Crippen molar-refractivity contribution in [1.82, 2.24) is 15.1 Å². The highest BCUT2D eigenvalue weighted by Gasteiger charge is 2.20. The molecule has 110 valence electrons. The van der Waals surface area contributed by atoms with E-state index in [1.165, 1.54) is 18.9 Å². The van der Waals surface area contributed by atoms with Gasteiger partial charge in [-0.3, -0.25) is 9.59 Å². The third kappa shape index (κ3) is 4.65. The lowest BCUT2D eigenvalue weighted by atomic mass is 10.4. The minimum atomic E-state index is -0.285. The van der Waals surface area contributed by atoms with Crippen LogP contribution in [-0.2, 0) is 16.1 Å². The second kappa shape index (κ2) is 7.04. The van der Waals surface area contributed by atoms with E-state index in [0.29, 0.717) is 18.8 Å². The van der Waals surface area contributed by atoms with E-state index >= 15 is 0 Å². The lowest BCUT2D eigenvalue weighted by Gasteiger charge is -2.08. The molecule has 1 heterocycles. The summed E-state index contributed by atoms with van der Waals surface area (Å²) in [6.45, 7) is 1.66. The quantitative estimate of drug-likeness (QED) is 0.646. The highest BCUT2D eigenvalue weighted by atomic mass is 16.5. The van der Waals surface area contributed by atoms with Crippen LogP contribution in [0.3, 0.4) is 0 Å². The van der Waals surface area contributed by atoms with E-state index in [-0.39, 0.29) is 18.0 Å². The van der Waals surface area contributed by atoms with Crippen LogP contribution in [0.1, 0.15) is 12.8 Å². The standard InChI is InChI=1S/C13H20N4O3/c1-20-5-4-14-12(18)9-17-13(19)6-11(8-16-17)15-7-10-2-3-10/h6,8,10,15H,2-5,7,9H2,1H3,(H,14,18). The van der Waals surface area contributed by atoms with Crippen LogP contribution >= 0.6 is 0 Å². The largest absolute Gasteiger partial charge is 0.383 e. The van der Waals surface area contributed by atoms with Crippen LogP contribution in [0.5, 0.6) is 0 Å². The maximum atomic E-state index is 11.8. The van der Waals surface area contributed by atoms with Gasteiger partial charge in [-0.2, -0.15) is 5.10 Å². The zero-order chi connectivity index (χ0) is 14.4. The van der Waals surface area contributed by atoms with E-state index in [4.69, 9.17) is 4.74 Å². The summed E-state index contributed by atoms with van der Waals surface area (Å²) < 4.78 is 5.97. The van der Waals surface area contributed by atoms with Gasteiger partial charge in [-0.25, -0.2) is 4.68 Å². The Labute approximate surface area is 117 Å². The monoisotopic (exact) mass is 280 g/mol. The summed E-state index contributed by atoms with van der Waals surface area (Å²) in [5.74, 6) is 0.472. The lowest BCUT2D eigenvalue weighted by molar-refractivity contribution is -0.122. The number of hydrogen-bond donors (Lipinski definition) is 2. The van der Waals surface area contributed by atoms with Crippen molar-refractivity contribution in [2.24, 2.45) is 5.92 Å². The summed E-state index contributed by atoms with van der Waals surface area (Å²) in [6, 6.07) is 1.47. The number of anilines is 1. The zero-order valence-corrected chi connectivity index (χ0v) is 11.6. The first-order valence-electron chi connectivity index (χ1n) is 6.75. The predicted octanol–water partition coefficient (Wildman–Crippen LogP) is -0.172. The molecule has 1 aromatic heterocycles. The fraction of sp³-hybridized carbons (Fsp3) is 0.615. The van der Waals surface area contributed by atoms with Crippen molar-refractivity contribution in [1.29, 1.82) is 0 Å². The second-order valence-electron chi connectivity index (χ2n) is 4.91. The first-order chi connectivity index (χ1) is 9.69. The maximum Gasteiger partial charge on any atom is 0.269 e. The molecule has 2 N–H and O–H groups in total. The molecule has 1 aromatic rings. The van der Waals surface area contributed by atoms with E-state index in [2.05, 4.69) is 15.7 Å². The highest BCUT2D eigenvalue weighted by molar-refractivity contribution is 5.75. The minimum absolute atomic E-state index is 0.0779. The summed E-state index contributed by atoms with van der Waals surface area (Å²) in [7, 11) is 1.56. The van der Waals surface area contributed by atoms with Gasteiger partial charge in [0.1, 0.15) is 6.54 Å². The normalized spacial score (nSPS) is 14.1. The van der Waals surface area contributed by atoms with Crippen molar-refractivity contribution in [3.8, 4) is 0 Å². The molecule has 1 fully saturated rings. The molecule has 0 aliphatic heterocycles. The van der Waals surface area contributed by atoms with Gasteiger partial charge in [0.2, 0.25) is 5.91 Å². The average Bonchev–Trinajstić information content (AvgIpc) is 3.24. The van der Waals surface area contributed by atoms with Crippen molar-refractivity contribution in [2.75, 3.05) is 32.1 Å². The van der Waals surface area contributed by atoms with Gasteiger partial charge in [0.15, 0.2) is 0 Å². The van der Waals surface area contributed by atoms with Crippen molar-refractivity contribution >= 4 is 11.6 Å². The van der Waals surface area contributed by atoms with Crippen LogP contribution in [0.2, 0.25) is 0 Å². The summed E-state index contributed by atoms with van der Waals surface area (Å²) in [4.78, 5) is 23.4. The van der Waals surface area contributed by atoms with E-state index in [0.717, 1.165) is 17.1 Å². The maximum absolute atomic E-state index is 11.8. The molecule has 0 saturated heterocycles. The number of carbonyl (C=O) groups excluding carboxylic acids is 1. The van der Waals surface area contributed by atoms with E-state index in [1.807, 2.05) is 0 Å². The Hall–Kier alpha value is -1.89. The first-order valence-corrected chi connectivity index (χ1v) is 6.75. The third-order valence-corrected chi connectivity index (χ3v) is 3.08. The van der Waals surface area contributed by atoms with Crippen LogP contribution in [0.4, 0.5) is 5.69 Å². The Bertz CT molecular complexity index is 511. The Kier molecular flexibility index (Phi) is 5.11. The van der Waals surface area contributed by atoms with Crippen LogP contribution in [0, 0.1) is 5.92 Å². The molecular weight excluding hydrogens is 260 g/mol. The fourth-order valence-corrected chi connectivity index (χ4v) is 1.72. The van der Waals surface area contributed by atoms with Crippen molar-refractivity contribution < 1.29 is 9.53 Å². The van der Waals surface area contributed by atoms with Gasteiger partial charge in [0.25, 0.3) is 5.56 Å². The molecule has 0 bridgehead atoms. The molecule has 0 atom stereocenters. The number of nitrogens with zero attached hydrogens (tertiary/aromatic N) is 2. The first kappa shape index (κ1) is 14.5. The second-order valence-corrected chi connectivity index (χ2v) is 4.91. The average molecular weight is 280 g/mol. The number of methoxy groups -OCH3 is 1. The smallest absolute Gasteiger partial charge is 0.269 e. The number of carbonyl (C=O) groups is 1. The molecule has 0 unspecified atom stereocenters. The van der Waals surface area contributed by atoms with Gasteiger partial charge in [-0.15, -0.1) is 0 Å². The number of aromatic nitrogens is 2. The number of ether oxygens (including phenoxy) is 1. The molecule has 7 nitrogen and oxygen atoms in total. The van der Waals surface area contributed by atoms with Gasteiger partial charge in [-0.1, -0.05) is 0 Å². The molecule has 1 aliphatic rings. The van der Waals surface area contributed by atoms with E-state index < -0.39 is 0 Å². The Morgan fingerprint density at radius 3 is 3.00 bits per heavy atom. The molecule has 1 saturated carbocycles. The van der Waals surface area contributed by atoms with Crippen LogP contribution in [0.25, 0.3) is 0 Å². The van der Waals surface area contributed by atoms with Gasteiger partial charge in [-0.05, 0) is 18.8 Å². The molecule has 20 heavy (non-hydrogen) atoms. The van der Waals surface area contributed by atoms with Gasteiger partial charge in [0, 0.05) is 26.3 Å². The van der Waals surface area contributed by atoms with Crippen molar-refractivity contribution in [2.45, 2.75) is 19.4 Å². The van der Waals surface area contributed by atoms with Crippen molar-refractivity contribution in [3.05, 3.63) is 22.6 Å². The number of amides is 1. The highest BCUT2D eigenvalue weighted by Crippen LogP contribution is 2.28. The minimum Gasteiger partial charge on any atom is -0.383 e. The SMILES string of the molecule is COCCNC(=O)Cn1ncc(NCC2CC2)cc1=O. The number of hydrogen-bond acceptors (Lipinski definition) is 5. The molecule has 2 rings (SSSR count). The molecule has 1 amide bonds. The summed E-state index contributed by atoms with van der Waals surface area (Å²) in [6.07, 6.45) is 4.07. The van der Waals surface area contributed by atoms with E-state index in [9.17, 15) is 9.59 Å². The predicted molar refractivity (Wildman–Crippen MR) is 74.6 cm³/mol. The molecule has 0 aromatic carbocycles. The molecule has 7 heteroatoms. The Morgan fingerprint density at radius 2 is 2.35 bits per heavy atom. The van der Waals surface area contributed by atoms with Crippen LogP contribution in [0.15, 0.2) is 17.1 Å². The Balaban J connectivity index is 1.84. The van der Waals surface area contributed by atoms with Crippen LogP contribution < -0.4 is 16.2 Å². The summed E-state index contributed by atoms with van der Waals surface area (Å²) in [5, 5.41) is 9.81. The lowest BCUT2D eigenvalue weighted by Crippen LogP contribution is -2.35. The van der Waals surface area contributed by atoms with Crippen LogP contribution in [-0.4, -0.2) is 42.5 Å². The Morgan fingerprint density at radius 1 is 1.55 bits per heavy atom. The zero-order valence-electron chi connectivity index (χ0n) is 11.6. The fourth-order valence-electron chi connectivity index (χ4n) is 1.72. The van der Waals surface area contributed by atoms with Crippen molar-refractivity contribution in [3.63, 3.8) is 0 Å².